The monoisotopic (exact) mass is 401 g/mol. The van der Waals surface area contributed by atoms with Crippen LogP contribution in [-0.4, -0.2) is 20.7 Å². The van der Waals surface area contributed by atoms with Crippen LogP contribution >= 0.6 is 11.3 Å². The molecule has 7 heteroatoms. The highest BCUT2D eigenvalue weighted by Crippen LogP contribution is 2.27. The highest BCUT2D eigenvalue weighted by atomic mass is 32.1. The van der Waals surface area contributed by atoms with E-state index < -0.39 is 0 Å². The lowest BCUT2D eigenvalue weighted by atomic mass is 9.92. The first kappa shape index (κ1) is 18.8. The summed E-state index contributed by atoms with van der Waals surface area (Å²) in [6.07, 6.45) is 3.60. The van der Waals surface area contributed by atoms with Crippen LogP contribution in [0.4, 0.5) is 5.69 Å². The fraction of sp³-hybridized carbons (Fsp3) is 0.182. The Morgan fingerprint density at radius 1 is 1.24 bits per heavy atom. The zero-order valence-electron chi connectivity index (χ0n) is 16.3. The predicted octanol–water partition coefficient (Wildman–Crippen LogP) is 5.04. The van der Waals surface area contributed by atoms with Gasteiger partial charge in [-0.3, -0.25) is 4.79 Å². The molecule has 6 nitrogen and oxygen atoms in total. The Bertz CT molecular complexity index is 1260. The van der Waals surface area contributed by atoms with Gasteiger partial charge in [0.2, 0.25) is 5.13 Å². The molecule has 0 aliphatic heterocycles. The number of nitrogens with one attached hydrogen (secondary N) is 1. The molecule has 4 rings (SSSR count). The third-order valence-electron chi connectivity index (χ3n) is 4.67. The summed E-state index contributed by atoms with van der Waals surface area (Å²) in [4.78, 5) is 18.5. The van der Waals surface area contributed by atoms with Crippen LogP contribution in [0.25, 0.3) is 16.0 Å². The van der Waals surface area contributed by atoms with E-state index in [1.54, 1.807) is 40.4 Å². The van der Waals surface area contributed by atoms with Gasteiger partial charge in [-0.2, -0.15) is 10.4 Å². The SMILES string of the molecule is Cc1cnc(-n2ncc3ccc(NC(=O)c4cccc(C#N)c4C(C)C)cc32)s1. The summed E-state index contributed by atoms with van der Waals surface area (Å²) in [5, 5.41) is 18.5. The normalized spacial score (nSPS) is 11.0. The molecule has 0 fully saturated rings. The minimum atomic E-state index is -0.235. The Hall–Kier alpha value is -3.50. The van der Waals surface area contributed by atoms with Crippen LogP contribution in [-0.2, 0) is 0 Å². The Morgan fingerprint density at radius 2 is 2.07 bits per heavy atom. The lowest BCUT2D eigenvalue weighted by Crippen LogP contribution is -2.16. The molecule has 29 heavy (non-hydrogen) atoms. The van der Waals surface area contributed by atoms with Crippen LogP contribution in [0.2, 0.25) is 0 Å². The number of aromatic nitrogens is 3. The predicted molar refractivity (Wildman–Crippen MR) is 115 cm³/mol. The number of carbonyl (C=O) groups excluding carboxylic acids is 1. The van der Waals surface area contributed by atoms with Crippen LogP contribution in [0.15, 0.2) is 48.8 Å². The van der Waals surface area contributed by atoms with Crippen molar-refractivity contribution < 1.29 is 4.79 Å². The maximum absolute atomic E-state index is 13.0. The van der Waals surface area contributed by atoms with Crippen LogP contribution in [0, 0.1) is 18.3 Å². The fourth-order valence-corrected chi connectivity index (χ4v) is 4.10. The summed E-state index contributed by atoms with van der Waals surface area (Å²) in [7, 11) is 0. The molecule has 144 valence electrons. The molecule has 0 aliphatic carbocycles. The number of aryl methyl sites for hydroxylation is 1. The number of carbonyl (C=O) groups is 1. The zero-order valence-corrected chi connectivity index (χ0v) is 17.1. The second-order valence-electron chi connectivity index (χ2n) is 7.07. The Labute approximate surface area is 172 Å². The van der Waals surface area contributed by atoms with Gasteiger partial charge >= 0.3 is 0 Å². The second kappa shape index (κ2) is 7.49. The van der Waals surface area contributed by atoms with E-state index in [1.165, 1.54) is 0 Å². The summed E-state index contributed by atoms with van der Waals surface area (Å²) in [6.45, 7) is 5.96. The molecule has 0 unspecified atom stereocenters. The van der Waals surface area contributed by atoms with E-state index in [-0.39, 0.29) is 11.8 Å². The first-order valence-corrected chi connectivity index (χ1v) is 10.0. The van der Waals surface area contributed by atoms with E-state index in [0.717, 1.165) is 26.5 Å². The van der Waals surface area contributed by atoms with Crippen molar-refractivity contribution in [3.8, 4) is 11.2 Å². The molecule has 1 N–H and O–H groups in total. The molecular formula is C22H19N5OS. The molecule has 1 amide bonds. The number of nitrogens with zero attached hydrogens (tertiary/aromatic N) is 4. The minimum Gasteiger partial charge on any atom is -0.322 e. The maximum Gasteiger partial charge on any atom is 0.255 e. The first-order chi connectivity index (χ1) is 14.0. The highest BCUT2D eigenvalue weighted by Gasteiger charge is 2.18. The van der Waals surface area contributed by atoms with E-state index in [1.807, 2.05) is 45.2 Å². The van der Waals surface area contributed by atoms with Crippen LogP contribution < -0.4 is 5.32 Å². The number of hydrogen-bond acceptors (Lipinski definition) is 5. The van der Waals surface area contributed by atoms with E-state index >= 15 is 0 Å². The summed E-state index contributed by atoms with van der Waals surface area (Å²) in [5.41, 5.74) is 3.34. The van der Waals surface area contributed by atoms with Gasteiger partial charge in [-0.25, -0.2) is 9.67 Å². The van der Waals surface area contributed by atoms with Crippen molar-refractivity contribution in [2.24, 2.45) is 0 Å². The number of nitriles is 1. The average molecular weight is 401 g/mol. The standard InChI is InChI=1S/C22H19N5OS/c1-13(2)20-15(10-23)5-4-6-18(20)21(28)26-17-8-7-16-12-25-27(19(16)9-17)22-24-11-14(3)29-22/h4-9,11-13H,1-3H3,(H,26,28). The maximum atomic E-state index is 13.0. The molecule has 0 radical (unpaired) electrons. The van der Waals surface area contributed by atoms with Gasteiger partial charge in [-0.1, -0.05) is 19.9 Å². The summed E-state index contributed by atoms with van der Waals surface area (Å²) < 4.78 is 1.78. The lowest BCUT2D eigenvalue weighted by Gasteiger charge is -2.14. The largest absolute Gasteiger partial charge is 0.322 e. The van der Waals surface area contributed by atoms with E-state index in [2.05, 4.69) is 21.5 Å². The number of rotatable bonds is 4. The Kier molecular flexibility index (Phi) is 4.87. The average Bonchev–Trinajstić information content (AvgIpc) is 3.32. The van der Waals surface area contributed by atoms with Crippen LogP contribution in [0.1, 0.15) is 46.1 Å². The quantitative estimate of drug-likeness (QED) is 0.519. The van der Waals surface area contributed by atoms with Crippen molar-refractivity contribution in [3.05, 3.63) is 70.4 Å². The van der Waals surface area contributed by atoms with E-state index in [9.17, 15) is 10.1 Å². The molecule has 0 bridgehead atoms. The second-order valence-corrected chi connectivity index (χ2v) is 8.28. The van der Waals surface area contributed by atoms with Crippen molar-refractivity contribution in [1.29, 1.82) is 5.26 Å². The third kappa shape index (κ3) is 3.50. The molecule has 2 heterocycles. The van der Waals surface area contributed by atoms with Crippen molar-refractivity contribution in [2.45, 2.75) is 26.7 Å². The highest BCUT2D eigenvalue weighted by molar-refractivity contribution is 7.14. The first-order valence-electron chi connectivity index (χ1n) is 9.23. The zero-order chi connectivity index (χ0) is 20.5. The van der Waals surface area contributed by atoms with Crippen LogP contribution in [0.3, 0.4) is 0 Å². The topological polar surface area (TPSA) is 83.6 Å². The Morgan fingerprint density at radius 3 is 2.76 bits per heavy atom. The van der Waals surface area contributed by atoms with Gasteiger partial charge in [0.1, 0.15) is 0 Å². The summed E-state index contributed by atoms with van der Waals surface area (Å²) >= 11 is 1.56. The van der Waals surface area contributed by atoms with Crippen molar-refractivity contribution in [1.82, 2.24) is 14.8 Å². The smallest absolute Gasteiger partial charge is 0.255 e. The Balaban J connectivity index is 1.70. The number of anilines is 1. The van der Waals surface area contributed by atoms with Crippen molar-refractivity contribution in [3.63, 3.8) is 0 Å². The van der Waals surface area contributed by atoms with Gasteiger partial charge in [0, 0.05) is 27.7 Å². The third-order valence-corrected chi connectivity index (χ3v) is 5.56. The molecular weight excluding hydrogens is 382 g/mol. The van der Waals surface area contributed by atoms with Crippen molar-refractivity contribution >= 4 is 33.8 Å². The number of benzene rings is 2. The van der Waals surface area contributed by atoms with E-state index in [4.69, 9.17) is 0 Å². The van der Waals surface area contributed by atoms with Crippen molar-refractivity contribution in [2.75, 3.05) is 5.32 Å². The number of fused-ring (bicyclic) bond motifs is 1. The fourth-order valence-electron chi connectivity index (χ4n) is 3.37. The molecule has 2 aromatic carbocycles. The summed E-state index contributed by atoms with van der Waals surface area (Å²) in [5.74, 6) is -0.176. The molecule has 0 atom stereocenters. The van der Waals surface area contributed by atoms with Gasteiger partial charge in [0.15, 0.2) is 0 Å². The summed E-state index contributed by atoms with van der Waals surface area (Å²) in [6, 6.07) is 13.1. The number of amides is 1. The molecule has 2 aromatic heterocycles. The molecule has 0 saturated carbocycles. The minimum absolute atomic E-state index is 0.0589. The molecule has 0 saturated heterocycles. The number of thiazole rings is 1. The van der Waals surface area contributed by atoms with Gasteiger partial charge in [0.05, 0.1) is 23.3 Å². The van der Waals surface area contributed by atoms with E-state index in [0.29, 0.717) is 16.8 Å². The lowest BCUT2D eigenvalue weighted by molar-refractivity contribution is 0.102. The van der Waals surface area contributed by atoms with Gasteiger partial charge in [-0.05, 0) is 48.7 Å². The number of hydrogen-bond donors (Lipinski definition) is 1. The molecule has 4 aromatic rings. The van der Waals surface area contributed by atoms with Crippen LogP contribution in [0.5, 0.6) is 0 Å². The molecule has 0 spiro atoms. The van der Waals surface area contributed by atoms with Gasteiger partial charge in [0.25, 0.3) is 5.91 Å². The molecule has 0 aliphatic rings. The van der Waals surface area contributed by atoms with Gasteiger partial charge < -0.3 is 5.32 Å². The van der Waals surface area contributed by atoms with Gasteiger partial charge in [-0.15, -0.1) is 11.3 Å².